The highest BCUT2D eigenvalue weighted by Crippen LogP contribution is 2.26. The van der Waals surface area contributed by atoms with Crippen molar-refractivity contribution in [1.82, 2.24) is 0 Å². The zero-order chi connectivity index (χ0) is 12.0. The molecule has 0 aliphatic carbocycles. The molecule has 1 atom stereocenters. The van der Waals surface area contributed by atoms with Crippen molar-refractivity contribution in [2.45, 2.75) is 39.2 Å². The van der Waals surface area contributed by atoms with Gasteiger partial charge in [-0.1, -0.05) is 41.8 Å². The Hall–Kier alpha value is -0.540. The Kier molecular flexibility index (Phi) is 5.85. The molecule has 0 spiro atoms. The summed E-state index contributed by atoms with van der Waals surface area (Å²) in [4.78, 5) is 0. The minimum atomic E-state index is 0.0449. The molecule has 0 aliphatic heterocycles. The molecule has 90 valence electrons. The van der Waals surface area contributed by atoms with Gasteiger partial charge in [-0.3, -0.25) is 0 Å². The first-order valence-corrected chi connectivity index (χ1v) is 6.62. The fourth-order valence-electron chi connectivity index (χ4n) is 1.51. The quantitative estimate of drug-likeness (QED) is 0.801. The van der Waals surface area contributed by atoms with E-state index in [9.17, 15) is 0 Å². The maximum absolute atomic E-state index is 5.83. The second-order valence-corrected chi connectivity index (χ2v) is 4.88. The number of unbranched alkanes of at least 4 members (excludes halogenated alkanes) is 2. The Balaban J connectivity index is 2.53. The number of ether oxygens (including phenoxy) is 1. The molecule has 2 N–H and O–H groups in total. The number of hydrogen-bond acceptors (Lipinski definition) is 2. The first kappa shape index (κ1) is 13.5. The van der Waals surface area contributed by atoms with Gasteiger partial charge in [-0.15, -0.1) is 0 Å². The van der Waals surface area contributed by atoms with E-state index in [4.69, 9.17) is 10.5 Å². The van der Waals surface area contributed by atoms with E-state index in [-0.39, 0.29) is 6.04 Å². The Morgan fingerprint density at radius 3 is 2.69 bits per heavy atom. The maximum atomic E-state index is 5.83. The molecular formula is C13H20BrNO. The van der Waals surface area contributed by atoms with Crippen LogP contribution in [0.3, 0.4) is 0 Å². The summed E-state index contributed by atoms with van der Waals surface area (Å²) in [6, 6.07) is 6.03. The molecule has 16 heavy (non-hydrogen) atoms. The van der Waals surface area contributed by atoms with Crippen LogP contribution < -0.4 is 10.5 Å². The van der Waals surface area contributed by atoms with Crippen molar-refractivity contribution in [3.8, 4) is 5.75 Å². The number of benzene rings is 1. The monoisotopic (exact) mass is 285 g/mol. The predicted molar refractivity (Wildman–Crippen MR) is 71.8 cm³/mol. The number of halogens is 1. The number of rotatable bonds is 6. The third-order valence-corrected chi connectivity index (χ3v) is 3.17. The van der Waals surface area contributed by atoms with Crippen molar-refractivity contribution in [2.75, 3.05) is 6.61 Å². The van der Waals surface area contributed by atoms with Crippen LogP contribution in [0.2, 0.25) is 0 Å². The second-order valence-electron chi connectivity index (χ2n) is 4.03. The van der Waals surface area contributed by atoms with Crippen molar-refractivity contribution >= 4 is 15.9 Å². The van der Waals surface area contributed by atoms with Crippen LogP contribution in [0.1, 0.15) is 44.7 Å². The molecule has 0 amide bonds. The van der Waals surface area contributed by atoms with Crippen LogP contribution in [-0.2, 0) is 0 Å². The third kappa shape index (κ3) is 4.14. The summed E-state index contributed by atoms with van der Waals surface area (Å²) < 4.78 is 6.68. The van der Waals surface area contributed by atoms with Crippen molar-refractivity contribution in [1.29, 1.82) is 0 Å². The molecule has 0 unspecified atom stereocenters. The first-order valence-electron chi connectivity index (χ1n) is 5.83. The lowest BCUT2D eigenvalue weighted by Crippen LogP contribution is -2.06. The van der Waals surface area contributed by atoms with Gasteiger partial charge in [0.15, 0.2) is 0 Å². The third-order valence-electron chi connectivity index (χ3n) is 2.48. The van der Waals surface area contributed by atoms with E-state index in [1.807, 2.05) is 25.1 Å². The van der Waals surface area contributed by atoms with Gasteiger partial charge in [0.25, 0.3) is 0 Å². The van der Waals surface area contributed by atoms with E-state index < -0.39 is 0 Å². The highest BCUT2D eigenvalue weighted by atomic mass is 79.9. The molecule has 1 rings (SSSR count). The molecule has 0 fully saturated rings. The summed E-state index contributed by atoms with van der Waals surface area (Å²) in [5, 5.41) is 0. The van der Waals surface area contributed by atoms with Crippen LogP contribution in [0.15, 0.2) is 22.7 Å². The summed E-state index contributed by atoms with van der Waals surface area (Å²) in [6.07, 6.45) is 3.55. The smallest absolute Gasteiger partial charge is 0.120 e. The summed E-state index contributed by atoms with van der Waals surface area (Å²) in [6.45, 7) is 4.95. The molecule has 3 heteroatoms. The molecular weight excluding hydrogens is 266 g/mol. The van der Waals surface area contributed by atoms with Gasteiger partial charge in [0.1, 0.15) is 5.75 Å². The summed E-state index contributed by atoms with van der Waals surface area (Å²) in [5.74, 6) is 0.910. The van der Waals surface area contributed by atoms with Crippen LogP contribution in [0.4, 0.5) is 0 Å². The van der Waals surface area contributed by atoms with E-state index >= 15 is 0 Å². The predicted octanol–water partition coefficient (Wildman–Crippen LogP) is 4.04. The lowest BCUT2D eigenvalue weighted by molar-refractivity contribution is 0.306. The van der Waals surface area contributed by atoms with Gasteiger partial charge in [0.2, 0.25) is 0 Å². The summed E-state index contributed by atoms with van der Waals surface area (Å²) in [7, 11) is 0. The van der Waals surface area contributed by atoms with Crippen LogP contribution in [0.5, 0.6) is 5.75 Å². The standard InChI is InChI=1S/C13H20BrNO/c1-3-4-5-8-16-11-6-7-12(10(2)15)13(14)9-11/h6-7,9-10H,3-5,8,15H2,1-2H3/t10-/m0/s1. The van der Waals surface area contributed by atoms with Gasteiger partial charge < -0.3 is 10.5 Å². The van der Waals surface area contributed by atoms with Gasteiger partial charge in [0, 0.05) is 10.5 Å². The fraction of sp³-hybridized carbons (Fsp3) is 0.538. The molecule has 1 aromatic carbocycles. The zero-order valence-corrected chi connectivity index (χ0v) is 11.6. The van der Waals surface area contributed by atoms with E-state index in [2.05, 4.69) is 22.9 Å². The summed E-state index contributed by atoms with van der Waals surface area (Å²) >= 11 is 3.51. The maximum Gasteiger partial charge on any atom is 0.120 e. The van der Waals surface area contributed by atoms with E-state index in [0.717, 1.165) is 28.8 Å². The number of hydrogen-bond donors (Lipinski definition) is 1. The van der Waals surface area contributed by atoms with Crippen LogP contribution in [0.25, 0.3) is 0 Å². The van der Waals surface area contributed by atoms with Gasteiger partial charge in [-0.05, 0) is 31.0 Å². The van der Waals surface area contributed by atoms with Crippen molar-refractivity contribution in [3.05, 3.63) is 28.2 Å². The first-order chi connectivity index (χ1) is 7.65. The minimum Gasteiger partial charge on any atom is -0.494 e. The van der Waals surface area contributed by atoms with Crippen molar-refractivity contribution in [3.63, 3.8) is 0 Å². The lowest BCUT2D eigenvalue weighted by Gasteiger charge is -2.11. The Labute approximate surface area is 106 Å². The van der Waals surface area contributed by atoms with Crippen LogP contribution in [-0.4, -0.2) is 6.61 Å². The van der Waals surface area contributed by atoms with Gasteiger partial charge in [-0.25, -0.2) is 0 Å². The molecule has 0 aromatic heterocycles. The minimum absolute atomic E-state index is 0.0449. The van der Waals surface area contributed by atoms with E-state index in [0.29, 0.717) is 0 Å². The Morgan fingerprint density at radius 1 is 1.38 bits per heavy atom. The van der Waals surface area contributed by atoms with Crippen molar-refractivity contribution < 1.29 is 4.74 Å². The van der Waals surface area contributed by atoms with Crippen LogP contribution in [0, 0.1) is 0 Å². The molecule has 0 radical (unpaired) electrons. The molecule has 1 aromatic rings. The average Bonchev–Trinajstić information content (AvgIpc) is 2.24. The topological polar surface area (TPSA) is 35.2 Å². The molecule has 0 saturated carbocycles. The molecule has 0 heterocycles. The molecule has 0 saturated heterocycles. The highest BCUT2D eigenvalue weighted by molar-refractivity contribution is 9.10. The average molecular weight is 286 g/mol. The second kappa shape index (κ2) is 6.92. The fourth-order valence-corrected chi connectivity index (χ4v) is 2.23. The van der Waals surface area contributed by atoms with Gasteiger partial charge in [-0.2, -0.15) is 0 Å². The van der Waals surface area contributed by atoms with Gasteiger partial charge >= 0.3 is 0 Å². The molecule has 2 nitrogen and oxygen atoms in total. The zero-order valence-electron chi connectivity index (χ0n) is 10.0. The largest absolute Gasteiger partial charge is 0.494 e. The van der Waals surface area contributed by atoms with E-state index in [1.54, 1.807) is 0 Å². The summed E-state index contributed by atoms with van der Waals surface area (Å²) in [5.41, 5.74) is 6.95. The van der Waals surface area contributed by atoms with Gasteiger partial charge in [0.05, 0.1) is 6.61 Å². The molecule has 0 aliphatic rings. The Morgan fingerprint density at radius 2 is 2.12 bits per heavy atom. The van der Waals surface area contributed by atoms with E-state index in [1.165, 1.54) is 12.8 Å². The SMILES string of the molecule is CCCCCOc1ccc([C@H](C)N)c(Br)c1. The highest BCUT2D eigenvalue weighted by Gasteiger charge is 2.05. The number of nitrogens with two attached hydrogens (primary N) is 1. The van der Waals surface area contributed by atoms with Crippen molar-refractivity contribution in [2.24, 2.45) is 5.73 Å². The Bertz CT molecular complexity index is 326. The molecule has 0 bridgehead atoms. The van der Waals surface area contributed by atoms with Crippen LogP contribution >= 0.6 is 15.9 Å². The lowest BCUT2D eigenvalue weighted by atomic mass is 10.1. The normalized spacial score (nSPS) is 12.5.